The lowest BCUT2D eigenvalue weighted by atomic mass is 10.2. The number of halogens is 1. The van der Waals surface area contributed by atoms with E-state index in [1.165, 1.54) is 0 Å². The molecule has 1 aromatic heterocycles. The van der Waals surface area contributed by atoms with E-state index in [1.54, 1.807) is 18.2 Å². The summed E-state index contributed by atoms with van der Waals surface area (Å²) in [6, 6.07) is 18.7. The van der Waals surface area contributed by atoms with Crippen molar-refractivity contribution in [2.75, 3.05) is 6.61 Å². The SMILES string of the molecule is CCCCOc1cccc(C(=O)NC(=S)NCc2ccc(-c3ccc(Br)cc3)o2)c1. The second-order valence-corrected chi connectivity index (χ2v) is 7.96. The molecule has 7 heteroatoms. The van der Waals surface area contributed by atoms with Gasteiger partial charge >= 0.3 is 0 Å². The van der Waals surface area contributed by atoms with E-state index in [-0.39, 0.29) is 11.0 Å². The molecule has 0 spiro atoms. The van der Waals surface area contributed by atoms with Gasteiger partial charge in [0.1, 0.15) is 17.3 Å². The zero-order valence-corrected chi connectivity index (χ0v) is 19.0. The first-order valence-corrected chi connectivity index (χ1v) is 10.9. The average molecular weight is 487 g/mol. The summed E-state index contributed by atoms with van der Waals surface area (Å²) in [5.74, 6) is 1.87. The largest absolute Gasteiger partial charge is 0.494 e. The van der Waals surface area contributed by atoms with Gasteiger partial charge in [-0.15, -0.1) is 0 Å². The van der Waals surface area contributed by atoms with Crippen LogP contribution in [-0.2, 0) is 6.54 Å². The van der Waals surface area contributed by atoms with Gasteiger partial charge in [-0.1, -0.05) is 47.5 Å². The van der Waals surface area contributed by atoms with Crippen LogP contribution in [-0.4, -0.2) is 17.6 Å². The molecular weight excluding hydrogens is 464 g/mol. The average Bonchev–Trinajstić information content (AvgIpc) is 3.22. The van der Waals surface area contributed by atoms with Gasteiger partial charge in [-0.2, -0.15) is 0 Å². The maximum Gasteiger partial charge on any atom is 0.257 e. The van der Waals surface area contributed by atoms with Gasteiger partial charge in [-0.25, -0.2) is 0 Å². The van der Waals surface area contributed by atoms with E-state index in [4.69, 9.17) is 21.4 Å². The summed E-state index contributed by atoms with van der Waals surface area (Å²) >= 11 is 8.66. The van der Waals surface area contributed by atoms with Crippen molar-refractivity contribution < 1.29 is 13.9 Å². The second-order valence-electron chi connectivity index (χ2n) is 6.64. The molecule has 1 heterocycles. The lowest BCUT2D eigenvalue weighted by Crippen LogP contribution is -2.38. The van der Waals surface area contributed by atoms with E-state index < -0.39 is 0 Å². The molecule has 0 unspecified atom stereocenters. The van der Waals surface area contributed by atoms with Crippen molar-refractivity contribution in [2.24, 2.45) is 0 Å². The number of hydrogen-bond acceptors (Lipinski definition) is 4. The minimum atomic E-state index is -0.288. The van der Waals surface area contributed by atoms with Crippen LogP contribution in [0.3, 0.4) is 0 Å². The molecule has 0 fully saturated rings. The van der Waals surface area contributed by atoms with Crippen LogP contribution in [0.5, 0.6) is 5.75 Å². The lowest BCUT2D eigenvalue weighted by molar-refractivity contribution is 0.0976. The number of carbonyl (C=O) groups excluding carboxylic acids is 1. The number of ether oxygens (including phenoxy) is 1. The predicted octanol–water partition coefficient (Wildman–Crippen LogP) is 5.69. The van der Waals surface area contributed by atoms with Gasteiger partial charge in [0.25, 0.3) is 5.91 Å². The molecule has 2 N–H and O–H groups in total. The van der Waals surface area contributed by atoms with Crippen LogP contribution in [0, 0.1) is 0 Å². The van der Waals surface area contributed by atoms with Gasteiger partial charge in [-0.3, -0.25) is 10.1 Å². The molecule has 156 valence electrons. The number of nitrogens with one attached hydrogen (secondary N) is 2. The molecular formula is C23H23BrN2O3S. The first kappa shape index (κ1) is 22.1. The maximum absolute atomic E-state index is 12.4. The standard InChI is InChI=1S/C23H23BrN2O3S/c1-2-3-13-28-19-6-4-5-17(14-19)22(27)26-23(30)25-15-20-11-12-21(29-20)16-7-9-18(24)10-8-16/h4-12,14H,2-3,13,15H2,1H3,(H2,25,26,27,30). The summed E-state index contributed by atoms with van der Waals surface area (Å²) in [5.41, 5.74) is 1.48. The zero-order chi connectivity index (χ0) is 21.3. The molecule has 30 heavy (non-hydrogen) atoms. The fraction of sp³-hybridized carbons (Fsp3) is 0.217. The molecule has 0 atom stereocenters. The highest BCUT2D eigenvalue weighted by Gasteiger charge is 2.10. The Morgan fingerprint density at radius 1 is 1.13 bits per heavy atom. The third-order valence-corrected chi connectivity index (χ3v) is 5.08. The molecule has 0 aliphatic carbocycles. The van der Waals surface area contributed by atoms with Crippen LogP contribution in [0.25, 0.3) is 11.3 Å². The molecule has 0 saturated heterocycles. The summed E-state index contributed by atoms with van der Waals surface area (Å²) in [5, 5.41) is 5.92. The minimum Gasteiger partial charge on any atom is -0.494 e. The van der Waals surface area contributed by atoms with E-state index in [0.29, 0.717) is 24.5 Å². The number of hydrogen-bond donors (Lipinski definition) is 2. The molecule has 0 aliphatic heterocycles. The zero-order valence-electron chi connectivity index (χ0n) is 16.6. The van der Waals surface area contributed by atoms with E-state index >= 15 is 0 Å². The molecule has 0 bridgehead atoms. The van der Waals surface area contributed by atoms with E-state index in [1.807, 2.05) is 42.5 Å². The normalized spacial score (nSPS) is 10.5. The van der Waals surface area contributed by atoms with Gasteiger partial charge in [0.2, 0.25) is 0 Å². The van der Waals surface area contributed by atoms with Crippen molar-refractivity contribution in [1.82, 2.24) is 10.6 Å². The Morgan fingerprint density at radius 3 is 2.70 bits per heavy atom. The Morgan fingerprint density at radius 2 is 1.93 bits per heavy atom. The Kier molecular flexibility index (Phi) is 8.04. The number of furan rings is 1. The number of rotatable bonds is 8. The lowest BCUT2D eigenvalue weighted by Gasteiger charge is -2.10. The highest BCUT2D eigenvalue weighted by atomic mass is 79.9. The molecule has 1 amide bonds. The first-order chi connectivity index (χ1) is 14.5. The first-order valence-electron chi connectivity index (χ1n) is 9.72. The van der Waals surface area contributed by atoms with Crippen LogP contribution in [0.4, 0.5) is 0 Å². The molecule has 3 rings (SSSR count). The van der Waals surface area contributed by atoms with Crippen LogP contribution >= 0.6 is 28.1 Å². The highest BCUT2D eigenvalue weighted by Crippen LogP contribution is 2.24. The topological polar surface area (TPSA) is 63.5 Å². The second kappa shape index (κ2) is 10.9. The fourth-order valence-corrected chi connectivity index (χ4v) is 3.12. The van der Waals surface area contributed by atoms with Crippen LogP contribution in [0.1, 0.15) is 35.9 Å². The monoisotopic (exact) mass is 486 g/mol. The van der Waals surface area contributed by atoms with Gasteiger partial charge in [0.15, 0.2) is 5.11 Å². The Bertz CT molecular complexity index is 1000. The third kappa shape index (κ3) is 6.43. The van der Waals surface area contributed by atoms with Crippen molar-refractivity contribution in [1.29, 1.82) is 0 Å². The quantitative estimate of drug-likeness (QED) is 0.316. The van der Waals surface area contributed by atoms with Crippen LogP contribution in [0.2, 0.25) is 0 Å². The number of thiocarbonyl (C=S) groups is 1. The fourth-order valence-electron chi connectivity index (χ4n) is 2.69. The van der Waals surface area contributed by atoms with Crippen LogP contribution < -0.4 is 15.4 Å². The summed E-state index contributed by atoms with van der Waals surface area (Å²) in [4.78, 5) is 12.4. The van der Waals surface area contributed by atoms with Crippen molar-refractivity contribution in [3.63, 3.8) is 0 Å². The van der Waals surface area contributed by atoms with Crippen molar-refractivity contribution in [3.8, 4) is 17.1 Å². The number of carbonyl (C=O) groups is 1. The van der Waals surface area contributed by atoms with Gasteiger partial charge in [0.05, 0.1) is 13.2 Å². The molecule has 0 saturated carbocycles. The molecule has 5 nitrogen and oxygen atoms in total. The molecule has 0 aliphatic rings. The van der Waals surface area contributed by atoms with Crippen molar-refractivity contribution in [2.45, 2.75) is 26.3 Å². The maximum atomic E-state index is 12.4. The van der Waals surface area contributed by atoms with Crippen molar-refractivity contribution in [3.05, 3.63) is 76.5 Å². The van der Waals surface area contributed by atoms with Crippen molar-refractivity contribution >= 4 is 39.2 Å². The molecule has 2 aromatic carbocycles. The Labute approximate surface area is 189 Å². The Balaban J connectivity index is 1.50. The summed E-state index contributed by atoms with van der Waals surface area (Å²) in [7, 11) is 0. The summed E-state index contributed by atoms with van der Waals surface area (Å²) in [6.45, 7) is 3.11. The summed E-state index contributed by atoms with van der Waals surface area (Å²) in [6.07, 6.45) is 2.03. The van der Waals surface area contributed by atoms with Gasteiger partial charge in [0, 0.05) is 15.6 Å². The predicted molar refractivity (Wildman–Crippen MR) is 126 cm³/mol. The minimum absolute atomic E-state index is 0.235. The van der Waals surface area contributed by atoms with Crippen LogP contribution in [0.15, 0.2) is 69.6 Å². The molecule has 3 aromatic rings. The van der Waals surface area contributed by atoms with Gasteiger partial charge < -0.3 is 14.5 Å². The van der Waals surface area contributed by atoms with E-state index in [9.17, 15) is 4.79 Å². The Hall–Kier alpha value is -2.64. The summed E-state index contributed by atoms with van der Waals surface area (Å²) < 4.78 is 12.5. The number of unbranched alkanes of at least 4 members (excludes halogenated alkanes) is 1. The highest BCUT2D eigenvalue weighted by molar-refractivity contribution is 9.10. The van der Waals surface area contributed by atoms with Gasteiger partial charge in [-0.05, 0) is 61.1 Å². The molecule has 0 radical (unpaired) electrons. The number of benzene rings is 2. The van der Waals surface area contributed by atoms with E-state index in [0.717, 1.165) is 34.4 Å². The van der Waals surface area contributed by atoms with E-state index in [2.05, 4.69) is 33.5 Å². The number of amides is 1. The third-order valence-electron chi connectivity index (χ3n) is 4.30. The smallest absolute Gasteiger partial charge is 0.257 e.